The predicted octanol–water partition coefficient (Wildman–Crippen LogP) is 2.34. The minimum Gasteiger partial charge on any atom is -0.492 e. The molecule has 0 amide bonds. The van der Waals surface area contributed by atoms with Crippen LogP contribution in [-0.2, 0) is 0 Å². The van der Waals surface area contributed by atoms with Gasteiger partial charge in [-0.1, -0.05) is 0 Å². The van der Waals surface area contributed by atoms with E-state index in [4.69, 9.17) is 21.6 Å². The zero-order valence-corrected chi connectivity index (χ0v) is 8.34. The summed E-state index contributed by atoms with van der Waals surface area (Å²) in [5, 5.41) is 8.19. The van der Waals surface area contributed by atoms with Crippen LogP contribution in [0.15, 0.2) is 18.2 Å². The Kier molecular flexibility index (Phi) is 3.49. The van der Waals surface area contributed by atoms with Crippen LogP contribution in [0.2, 0.25) is 0 Å². The van der Waals surface area contributed by atoms with Gasteiger partial charge < -0.3 is 4.74 Å². The van der Waals surface area contributed by atoms with E-state index < -0.39 is 5.24 Å². The van der Waals surface area contributed by atoms with Crippen molar-refractivity contribution in [1.82, 2.24) is 0 Å². The fourth-order valence-electron chi connectivity index (χ4n) is 1.02. The Labute approximate surface area is 86.9 Å². The van der Waals surface area contributed by atoms with Crippen molar-refractivity contribution < 1.29 is 9.53 Å². The number of benzene rings is 1. The average molecular weight is 210 g/mol. The highest BCUT2D eigenvalue weighted by Crippen LogP contribution is 2.20. The normalized spacial score (nSPS) is 9.21. The Morgan fingerprint density at radius 2 is 2.36 bits per heavy atom. The molecule has 0 aromatic heterocycles. The van der Waals surface area contributed by atoms with E-state index >= 15 is 0 Å². The Balaban J connectivity index is 3.13. The van der Waals surface area contributed by atoms with Crippen molar-refractivity contribution in [2.75, 3.05) is 6.61 Å². The second-order valence-electron chi connectivity index (χ2n) is 2.53. The third-order valence-corrected chi connectivity index (χ3v) is 1.85. The monoisotopic (exact) mass is 209 g/mol. The van der Waals surface area contributed by atoms with Crippen LogP contribution in [0, 0.1) is 11.3 Å². The van der Waals surface area contributed by atoms with Gasteiger partial charge >= 0.3 is 0 Å². The van der Waals surface area contributed by atoms with Gasteiger partial charge in [-0.3, -0.25) is 4.79 Å². The van der Waals surface area contributed by atoms with Crippen LogP contribution < -0.4 is 4.74 Å². The molecule has 0 aliphatic carbocycles. The molecule has 0 saturated heterocycles. The van der Waals surface area contributed by atoms with Crippen molar-refractivity contribution in [3.8, 4) is 11.8 Å². The number of carbonyl (C=O) groups excluding carboxylic acids is 1. The molecule has 0 aliphatic heterocycles. The van der Waals surface area contributed by atoms with Crippen molar-refractivity contribution >= 4 is 16.8 Å². The van der Waals surface area contributed by atoms with E-state index in [0.717, 1.165) is 0 Å². The molecule has 0 N–H and O–H groups in total. The zero-order chi connectivity index (χ0) is 10.6. The number of halogens is 1. The van der Waals surface area contributed by atoms with Crippen molar-refractivity contribution in [1.29, 1.82) is 5.26 Å². The van der Waals surface area contributed by atoms with Crippen LogP contribution in [-0.4, -0.2) is 11.8 Å². The first-order valence-electron chi connectivity index (χ1n) is 4.05. The molecular formula is C10H8ClNO2. The first kappa shape index (κ1) is 10.6. The molecule has 0 fully saturated rings. The first-order valence-corrected chi connectivity index (χ1v) is 4.43. The Morgan fingerprint density at radius 1 is 1.64 bits per heavy atom. The summed E-state index contributed by atoms with van der Waals surface area (Å²) < 4.78 is 5.19. The van der Waals surface area contributed by atoms with E-state index in [1.54, 1.807) is 6.07 Å². The van der Waals surface area contributed by atoms with Crippen LogP contribution in [0.25, 0.3) is 0 Å². The van der Waals surface area contributed by atoms with Crippen LogP contribution in [0.5, 0.6) is 5.75 Å². The van der Waals surface area contributed by atoms with Crippen LogP contribution >= 0.6 is 11.6 Å². The number of ether oxygens (including phenoxy) is 1. The Morgan fingerprint density at radius 3 is 2.86 bits per heavy atom. The molecule has 1 aromatic rings. The number of rotatable bonds is 3. The second kappa shape index (κ2) is 4.64. The number of nitriles is 1. The number of carbonyl (C=O) groups is 1. The summed E-state index contributed by atoms with van der Waals surface area (Å²) >= 11 is 5.27. The number of hydrogen-bond acceptors (Lipinski definition) is 3. The van der Waals surface area contributed by atoms with Gasteiger partial charge in [0.05, 0.1) is 12.2 Å². The van der Waals surface area contributed by atoms with Gasteiger partial charge in [0.25, 0.3) is 5.24 Å². The van der Waals surface area contributed by atoms with Crippen molar-refractivity contribution in [2.24, 2.45) is 0 Å². The van der Waals surface area contributed by atoms with Crippen LogP contribution in [0.1, 0.15) is 22.8 Å². The van der Waals surface area contributed by atoms with Crippen LogP contribution in [0.4, 0.5) is 0 Å². The topological polar surface area (TPSA) is 50.1 Å². The molecule has 4 heteroatoms. The molecule has 0 atom stereocenters. The Bertz CT molecular complexity index is 396. The van der Waals surface area contributed by atoms with Crippen LogP contribution in [0.3, 0.4) is 0 Å². The van der Waals surface area contributed by atoms with Gasteiger partial charge in [-0.25, -0.2) is 0 Å². The summed E-state index contributed by atoms with van der Waals surface area (Å²) in [6, 6.07) is 6.45. The summed E-state index contributed by atoms with van der Waals surface area (Å²) in [5.74, 6) is 0.469. The second-order valence-corrected chi connectivity index (χ2v) is 2.87. The highest BCUT2D eigenvalue weighted by atomic mass is 35.5. The third kappa shape index (κ3) is 2.24. The molecule has 0 saturated carbocycles. The van der Waals surface area contributed by atoms with E-state index in [-0.39, 0.29) is 0 Å². The molecule has 0 unspecified atom stereocenters. The molecular weight excluding hydrogens is 202 g/mol. The fraction of sp³-hybridized carbons (Fsp3) is 0.200. The standard InChI is InChI=1S/C10H8ClNO2/c1-2-14-9-4-3-7(10(11)13)5-8(9)6-12/h3-5H,2H2,1H3. The molecule has 0 bridgehead atoms. The molecule has 72 valence electrons. The lowest BCUT2D eigenvalue weighted by Crippen LogP contribution is -1.96. The van der Waals surface area contributed by atoms with Gasteiger partial charge in [0.15, 0.2) is 0 Å². The summed E-state index contributed by atoms with van der Waals surface area (Å²) in [5.41, 5.74) is 0.616. The highest BCUT2D eigenvalue weighted by Gasteiger charge is 2.07. The fourth-order valence-corrected chi connectivity index (χ4v) is 1.14. The minimum atomic E-state index is -0.579. The SMILES string of the molecule is CCOc1ccc(C(=O)Cl)cc1C#N. The average Bonchev–Trinajstić information content (AvgIpc) is 2.18. The molecule has 0 radical (unpaired) electrons. The minimum absolute atomic E-state index is 0.298. The largest absolute Gasteiger partial charge is 0.492 e. The maximum Gasteiger partial charge on any atom is 0.252 e. The van der Waals surface area contributed by atoms with Gasteiger partial charge in [0.1, 0.15) is 11.8 Å². The quantitative estimate of drug-likeness (QED) is 0.718. The van der Waals surface area contributed by atoms with E-state index in [1.165, 1.54) is 12.1 Å². The first-order chi connectivity index (χ1) is 6.69. The lowest BCUT2D eigenvalue weighted by molar-refractivity contribution is 0.108. The predicted molar refractivity (Wildman–Crippen MR) is 52.5 cm³/mol. The van der Waals surface area contributed by atoms with Gasteiger partial charge in [0, 0.05) is 5.56 Å². The summed E-state index contributed by atoms with van der Waals surface area (Å²) in [6.07, 6.45) is 0. The van der Waals surface area contributed by atoms with E-state index in [0.29, 0.717) is 23.5 Å². The van der Waals surface area contributed by atoms with Gasteiger partial charge in [-0.15, -0.1) is 0 Å². The molecule has 1 rings (SSSR count). The molecule has 0 spiro atoms. The lowest BCUT2D eigenvalue weighted by Gasteiger charge is -2.05. The highest BCUT2D eigenvalue weighted by molar-refractivity contribution is 6.67. The van der Waals surface area contributed by atoms with Gasteiger partial charge in [0.2, 0.25) is 0 Å². The molecule has 0 heterocycles. The molecule has 14 heavy (non-hydrogen) atoms. The third-order valence-electron chi connectivity index (χ3n) is 1.63. The zero-order valence-electron chi connectivity index (χ0n) is 7.58. The van der Waals surface area contributed by atoms with Crippen molar-refractivity contribution in [2.45, 2.75) is 6.92 Å². The van der Waals surface area contributed by atoms with E-state index in [9.17, 15) is 4.79 Å². The van der Waals surface area contributed by atoms with E-state index in [2.05, 4.69) is 0 Å². The summed E-state index contributed by atoms with van der Waals surface area (Å²) in [7, 11) is 0. The smallest absolute Gasteiger partial charge is 0.252 e. The molecule has 3 nitrogen and oxygen atoms in total. The summed E-state index contributed by atoms with van der Waals surface area (Å²) in [6.45, 7) is 2.30. The number of nitrogens with zero attached hydrogens (tertiary/aromatic N) is 1. The maximum absolute atomic E-state index is 10.8. The lowest BCUT2D eigenvalue weighted by atomic mass is 10.1. The number of hydrogen-bond donors (Lipinski definition) is 0. The van der Waals surface area contributed by atoms with Gasteiger partial charge in [-0.05, 0) is 36.7 Å². The maximum atomic E-state index is 10.8. The molecule has 0 aliphatic rings. The summed E-state index contributed by atoms with van der Waals surface area (Å²) in [4.78, 5) is 10.8. The Hall–Kier alpha value is -1.53. The van der Waals surface area contributed by atoms with Crippen molar-refractivity contribution in [3.05, 3.63) is 29.3 Å². The van der Waals surface area contributed by atoms with Gasteiger partial charge in [-0.2, -0.15) is 5.26 Å². The molecule has 1 aromatic carbocycles. The van der Waals surface area contributed by atoms with Crippen molar-refractivity contribution in [3.63, 3.8) is 0 Å². The van der Waals surface area contributed by atoms with E-state index in [1.807, 2.05) is 13.0 Å².